The lowest BCUT2D eigenvalue weighted by molar-refractivity contribution is 0.0727. The van der Waals surface area contributed by atoms with Gasteiger partial charge in [0.1, 0.15) is 5.82 Å². The zero-order valence-electron chi connectivity index (χ0n) is 16.7. The van der Waals surface area contributed by atoms with Crippen LogP contribution in [0.15, 0.2) is 48.5 Å². The molecule has 1 aromatic heterocycles. The fraction of sp³-hybridized carbons (Fsp3) is 0.304. The predicted octanol–water partition coefficient (Wildman–Crippen LogP) is 3.78. The number of fused-ring (bicyclic) bond motifs is 1. The second-order valence-electron chi connectivity index (χ2n) is 7.40. The van der Waals surface area contributed by atoms with Crippen LogP contribution in [0.4, 0.5) is 4.39 Å². The summed E-state index contributed by atoms with van der Waals surface area (Å²) in [5.74, 6) is -0.564. The van der Waals surface area contributed by atoms with Crippen molar-refractivity contribution in [2.24, 2.45) is 7.05 Å². The average molecular weight is 393 g/mol. The van der Waals surface area contributed by atoms with Gasteiger partial charge in [0.15, 0.2) is 0 Å². The van der Waals surface area contributed by atoms with Gasteiger partial charge in [0, 0.05) is 43.4 Å². The van der Waals surface area contributed by atoms with Crippen LogP contribution in [0.1, 0.15) is 38.4 Å². The number of carbonyl (C=O) groups excluding carboxylic acids is 1. The van der Waals surface area contributed by atoms with Gasteiger partial charge in [0.2, 0.25) is 0 Å². The molecule has 0 radical (unpaired) electrons. The average Bonchev–Trinajstić information content (AvgIpc) is 3.04. The maximum absolute atomic E-state index is 13.5. The second-order valence-corrected chi connectivity index (χ2v) is 7.40. The third-order valence-electron chi connectivity index (χ3n) is 5.44. The fourth-order valence-electron chi connectivity index (χ4n) is 3.79. The van der Waals surface area contributed by atoms with Gasteiger partial charge in [-0.3, -0.25) is 9.48 Å². The second kappa shape index (κ2) is 8.17. The summed E-state index contributed by atoms with van der Waals surface area (Å²) >= 11 is 0. The third kappa shape index (κ3) is 4.07. The zero-order valence-corrected chi connectivity index (χ0v) is 16.7. The Hall–Kier alpha value is -2.99. The Morgan fingerprint density at radius 3 is 2.79 bits per heavy atom. The van der Waals surface area contributed by atoms with Gasteiger partial charge in [-0.05, 0) is 36.2 Å². The Morgan fingerprint density at radius 2 is 2.00 bits per heavy atom. The van der Waals surface area contributed by atoms with Crippen LogP contribution in [0, 0.1) is 12.7 Å². The molecule has 0 atom stereocenters. The Kier molecular flexibility index (Phi) is 5.45. The van der Waals surface area contributed by atoms with E-state index in [2.05, 4.69) is 24.2 Å². The molecule has 29 heavy (non-hydrogen) atoms. The molecule has 0 saturated heterocycles. The molecule has 2 aromatic carbocycles. The molecule has 0 saturated carbocycles. The van der Waals surface area contributed by atoms with E-state index in [1.807, 2.05) is 23.9 Å². The maximum Gasteiger partial charge on any atom is 0.254 e. The van der Waals surface area contributed by atoms with Gasteiger partial charge in [-0.2, -0.15) is 5.10 Å². The number of amides is 1. The summed E-state index contributed by atoms with van der Waals surface area (Å²) in [6.45, 7) is 4.02. The first-order chi connectivity index (χ1) is 14.0. The van der Waals surface area contributed by atoms with Crippen molar-refractivity contribution in [1.29, 1.82) is 0 Å². The molecule has 1 aliphatic heterocycles. The molecule has 0 aliphatic carbocycles. The lowest BCUT2D eigenvalue weighted by atomic mass is 10.0. The number of hydrogen-bond donors (Lipinski definition) is 0. The van der Waals surface area contributed by atoms with Gasteiger partial charge in [-0.25, -0.2) is 4.39 Å². The van der Waals surface area contributed by atoms with Gasteiger partial charge in [0.05, 0.1) is 18.9 Å². The van der Waals surface area contributed by atoms with Gasteiger partial charge >= 0.3 is 0 Å². The lowest BCUT2D eigenvalue weighted by Crippen LogP contribution is -2.36. The van der Waals surface area contributed by atoms with Crippen molar-refractivity contribution in [3.63, 3.8) is 0 Å². The first kappa shape index (κ1) is 19.3. The molecule has 1 aliphatic rings. The van der Waals surface area contributed by atoms with Crippen LogP contribution in [0.3, 0.4) is 0 Å². The molecule has 2 heterocycles. The smallest absolute Gasteiger partial charge is 0.254 e. The van der Waals surface area contributed by atoms with Crippen molar-refractivity contribution in [1.82, 2.24) is 14.7 Å². The molecule has 0 fully saturated rings. The fourth-order valence-corrected chi connectivity index (χ4v) is 3.79. The Bertz CT molecular complexity index is 1040. The van der Waals surface area contributed by atoms with Gasteiger partial charge < -0.3 is 9.64 Å². The van der Waals surface area contributed by atoms with Crippen LogP contribution < -0.4 is 0 Å². The normalized spacial score (nSPS) is 13.4. The SMILES string of the molecule is Cc1ccccc1COCc1nn(C)c2c1CN(C(=O)c1cccc(F)c1)CC2. The molecule has 4 rings (SSSR count). The Morgan fingerprint density at radius 1 is 1.17 bits per heavy atom. The van der Waals surface area contributed by atoms with Crippen LogP contribution in [0.2, 0.25) is 0 Å². The van der Waals surface area contributed by atoms with Crippen molar-refractivity contribution < 1.29 is 13.9 Å². The minimum atomic E-state index is -0.403. The summed E-state index contributed by atoms with van der Waals surface area (Å²) in [5.41, 5.74) is 5.74. The van der Waals surface area contributed by atoms with Gasteiger partial charge in [-0.1, -0.05) is 30.3 Å². The molecule has 6 heteroatoms. The van der Waals surface area contributed by atoms with Crippen LogP contribution in [0.25, 0.3) is 0 Å². The van der Waals surface area contributed by atoms with E-state index in [0.29, 0.717) is 31.9 Å². The van der Waals surface area contributed by atoms with Gasteiger partial charge in [-0.15, -0.1) is 0 Å². The number of halogens is 1. The topological polar surface area (TPSA) is 47.4 Å². The molecule has 0 N–H and O–H groups in total. The van der Waals surface area contributed by atoms with Gasteiger partial charge in [0.25, 0.3) is 5.91 Å². The van der Waals surface area contributed by atoms with Crippen molar-refractivity contribution in [3.8, 4) is 0 Å². The molecule has 0 bridgehead atoms. The van der Waals surface area contributed by atoms with E-state index >= 15 is 0 Å². The quantitative estimate of drug-likeness (QED) is 0.663. The first-order valence-electron chi connectivity index (χ1n) is 9.73. The van der Waals surface area contributed by atoms with E-state index < -0.39 is 5.82 Å². The molecule has 3 aromatic rings. The van der Waals surface area contributed by atoms with Crippen LogP contribution in [-0.2, 0) is 38.0 Å². The highest BCUT2D eigenvalue weighted by Gasteiger charge is 2.27. The van der Waals surface area contributed by atoms with E-state index in [1.165, 1.54) is 17.7 Å². The zero-order chi connectivity index (χ0) is 20.4. The van der Waals surface area contributed by atoms with Crippen molar-refractivity contribution >= 4 is 5.91 Å². The summed E-state index contributed by atoms with van der Waals surface area (Å²) in [7, 11) is 1.92. The number of ether oxygens (including phenoxy) is 1. The van der Waals surface area contributed by atoms with Crippen molar-refractivity contribution in [2.75, 3.05) is 6.54 Å². The molecule has 0 spiro atoms. The molecule has 5 nitrogen and oxygen atoms in total. The minimum Gasteiger partial charge on any atom is -0.370 e. The number of aromatic nitrogens is 2. The van der Waals surface area contributed by atoms with Crippen molar-refractivity contribution in [3.05, 3.63) is 88.0 Å². The highest BCUT2D eigenvalue weighted by Crippen LogP contribution is 2.24. The number of hydrogen-bond acceptors (Lipinski definition) is 3. The summed E-state index contributed by atoms with van der Waals surface area (Å²) in [6.07, 6.45) is 0.720. The number of benzene rings is 2. The lowest BCUT2D eigenvalue weighted by Gasteiger charge is -2.28. The summed E-state index contributed by atoms with van der Waals surface area (Å²) in [4.78, 5) is 14.6. The van der Waals surface area contributed by atoms with E-state index in [1.54, 1.807) is 17.0 Å². The molecule has 1 amide bonds. The van der Waals surface area contributed by atoms with E-state index in [-0.39, 0.29) is 5.91 Å². The number of rotatable bonds is 5. The Labute approximate surface area is 169 Å². The van der Waals surface area contributed by atoms with Crippen LogP contribution >= 0.6 is 0 Å². The first-order valence-corrected chi connectivity index (χ1v) is 9.73. The monoisotopic (exact) mass is 393 g/mol. The summed E-state index contributed by atoms with van der Waals surface area (Å²) < 4.78 is 21.3. The predicted molar refractivity (Wildman–Crippen MR) is 108 cm³/mol. The molecule has 0 unspecified atom stereocenters. The standard InChI is InChI=1S/C23H24FN3O2/c1-16-6-3-4-7-18(16)14-29-15-21-20-13-27(11-10-22(20)26(2)25-21)23(28)17-8-5-9-19(24)12-17/h3-9,12H,10-11,13-15H2,1-2H3. The number of carbonyl (C=O) groups is 1. The van der Waals surface area contributed by atoms with Crippen molar-refractivity contribution in [2.45, 2.75) is 33.1 Å². The molecule has 150 valence electrons. The van der Waals surface area contributed by atoms with E-state index in [4.69, 9.17) is 4.74 Å². The Balaban J connectivity index is 1.47. The minimum absolute atomic E-state index is 0.161. The van der Waals surface area contributed by atoms with Crippen LogP contribution in [0.5, 0.6) is 0 Å². The summed E-state index contributed by atoms with van der Waals surface area (Å²) in [6, 6.07) is 14.0. The summed E-state index contributed by atoms with van der Waals surface area (Å²) in [5, 5.41) is 4.62. The van der Waals surface area contributed by atoms with E-state index in [0.717, 1.165) is 28.9 Å². The largest absolute Gasteiger partial charge is 0.370 e. The number of aryl methyl sites for hydroxylation is 2. The molecular formula is C23H24FN3O2. The van der Waals surface area contributed by atoms with Crippen LogP contribution in [-0.4, -0.2) is 27.1 Å². The maximum atomic E-state index is 13.5. The van der Waals surface area contributed by atoms with E-state index in [9.17, 15) is 9.18 Å². The number of nitrogens with zero attached hydrogens (tertiary/aromatic N) is 3. The third-order valence-corrected chi connectivity index (χ3v) is 5.44. The molecular weight excluding hydrogens is 369 g/mol. The highest BCUT2D eigenvalue weighted by molar-refractivity contribution is 5.94. The highest BCUT2D eigenvalue weighted by atomic mass is 19.1.